The Morgan fingerprint density at radius 2 is 1.69 bits per heavy atom. The standard InChI is InChI=1S/C20H30F3N3O3/c1-18(2,3)29-17(28)26-10-8-19(13-24,9-11-26)25-16(27)15-6-4-14(5-7-15)12-20(21,22)23/h14-15H,4-12H2,1-3H3,(H,25,27). The molecule has 1 N–H and O–H groups in total. The molecule has 0 aromatic rings. The lowest BCUT2D eigenvalue weighted by atomic mass is 9.79. The third-order valence-electron chi connectivity index (χ3n) is 5.58. The maximum absolute atomic E-state index is 12.6. The first-order chi connectivity index (χ1) is 13.3. The van der Waals surface area contributed by atoms with Gasteiger partial charge < -0.3 is 15.0 Å². The zero-order valence-corrected chi connectivity index (χ0v) is 17.3. The Kier molecular flexibility index (Phi) is 7.07. The number of ether oxygens (including phenoxy) is 1. The van der Waals surface area contributed by atoms with Crippen molar-refractivity contribution in [2.24, 2.45) is 11.8 Å². The van der Waals surface area contributed by atoms with Crippen molar-refractivity contribution in [1.82, 2.24) is 10.2 Å². The van der Waals surface area contributed by atoms with E-state index in [4.69, 9.17) is 4.74 Å². The summed E-state index contributed by atoms with van der Waals surface area (Å²) in [6, 6.07) is 2.18. The predicted octanol–water partition coefficient (Wildman–Crippen LogP) is 4.15. The van der Waals surface area contributed by atoms with E-state index in [9.17, 15) is 28.0 Å². The summed E-state index contributed by atoms with van der Waals surface area (Å²) in [4.78, 5) is 26.3. The largest absolute Gasteiger partial charge is 0.444 e. The summed E-state index contributed by atoms with van der Waals surface area (Å²) >= 11 is 0. The Hall–Kier alpha value is -1.98. The lowest BCUT2D eigenvalue weighted by Crippen LogP contribution is -2.57. The highest BCUT2D eigenvalue weighted by atomic mass is 19.4. The Labute approximate surface area is 169 Å². The number of hydrogen-bond acceptors (Lipinski definition) is 4. The quantitative estimate of drug-likeness (QED) is 0.748. The van der Waals surface area contributed by atoms with Crippen LogP contribution in [0.3, 0.4) is 0 Å². The number of nitrogens with zero attached hydrogens (tertiary/aromatic N) is 2. The third kappa shape index (κ3) is 7.09. The molecule has 1 saturated carbocycles. The fraction of sp³-hybridized carbons (Fsp3) is 0.850. The van der Waals surface area contributed by atoms with E-state index in [1.165, 1.54) is 4.90 Å². The minimum atomic E-state index is -4.17. The van der Waals surface area contributed by atoms with Crippen molar-refractivity contribution in [2.45, 2.75) is 83.0 Å². The van der Waals surface area contributed by atoms with Crippen LogP contribution in [0.2, 0.25) is 0 Å². The normalized spacial score (nSPS) is 25.1. The zero-order valence-electron chi connectivity index (χ0n) is 17.3. The van der Waals surface area contributed by atoms with Gasteiger partial charge in [0.15, 0.2) is 0 Å². The molecule has 0 bridgehead atoms. The molecule has 1 aliphatic heterocycles. The van der Waals surface area contributed by atoms with Crippen molar-refractivity contribution in [2.75, 3.05) is 13.1 Å². The van der Waals surface area contributed by atoms with Crippen LogP contribution in [0.5, 0.6) is 0 Å². The number of carbonyl (C=O) groups excluding carboxylic acids is 2. The SMILES string of the molecule is CC(C)(C)OC(=O)N1CCC(C#N)(NC(=O)C2CCC(CC(F)(F)F)CC2)CC1. The average Bonchev–Trinajstić information content (AvgIpc) is 2.60. The Balaban J connectivity index is 1.85. The molecule has 164 valence electrons. The van der Waals surface area contributed by atoms with E-state index in [2.05, 4.69) is 11.4 Å². The number of nitriles is 1. The number of carbonyl (C=O) groups is 2. The molecule has 1 heterocycles. The maximum atomic E-state index is 12.6. The number of rotatable bonds is 3. The molecule has 2 aliphatic rings. The van der Waals surface area contributed by atoms with Crippen LogP contribution in [0.1, 0.15) is 65.7 Å². The van der Waals surface area contributed by atoms with Crippen LogP contribution >= 0.6 is 0 Å². The molecule has 0 spiro atoms. The number of alkyl halides is 3. The predicted molar refractivity (Wildman–Crippen MR) is 99.6 cm³/mol. The van der Waals surface area contributed by atoms with E-state index in [1.54, 1.807) is 20.8 Å². The van der Waals surface area contributed by atoms with Crippen molar-refractivity contribution in [3.8, 4) is 6.07 Å². The van der Waals surface area contributed by atoms with E-state index >= 15 is 0 Å². The van der Waals surface area contributed by atoms with Crippen LogP contribution in [0.15, 0.2) is 0 Å². The van der Waals surface area contributed by atoms with Crippen molar-refractivity contribution in [3.05, 3.63) is 0 Å². The molecular weight excluding hydrogens is 387 g/mol. The van der Waals surface area contributed by atoms with Crippen molar-refractivity contribution in [1.29, 1.82) is 5.26 Å². The second-order valence-corrected chi connectivity index (χ2v) is 9.19. The first kappa shape index (κ1) is 23.3. The molecule has 0 aromatic heterocycles. The van der Waals surface area contributed by atoms with E-state index in [1.807, 2.05) is 0 Å². The first-order valence-electron chi connectivity index (χ1n) is 10.1. The number of likely N-dealkylation sites (tertiary alicyclic amines) is 1. The number of nitrogens with one attached hydrogen (secondary N) is 1. The second kappa shape index (κ2) is 8.80. The summed E-state index contributed by atoms with van der Waals surface area (Å²) in [5.74, 6) is -1.07. The van der Waals surface area contributed by atoms with Gasteiger partial charge >= 0.3 is 12.3 Å². The summed E-state index contributed by atoms with van der Waals surface area (Å²) in [6.45, 7) is 5.91. The smallest absolute Gasteiger partial charge is 0.410 e. The fourth-order valence-electron chi connectivity index (χ4n) is 3.96. The van der Waals surface area contributed by atoms with E-state index in [0.717, 1.165) is 0 Å². The summed E-state index contributed by atoms with van der Waals surface area (Å²) < 4.78 is 42.9. The molecule has 1 saturated heterocycles. The lowest BCUT2D eigenvalue weighted by Gasteiger charge is -2.39. The highest BCUT2D eigenvalue weighted by molar-refractivity contribution is 5.80. The fourth-order valence-corrected chi connectivity index (χ4v) is 3.96. The molecule has 9 heteroatoms. The first-order valence-corrected chi connectivity index (χ1v) is 10.1. The molecule has 2 amide bonds. The van der Waals surface area contributed by atoms with Gasteiger partial charge in [0.1, 0.15) is 11.1 Å². The van der Waals surface area contributed by atoms with Gasteiger partial charge in [0.2, 0.25) is 5.91 Å². The highest BCUT2D eigenvalue weighted by Crippen LogP contribution is 2.37. The lowest BCUT2D eigenvalue weighted by molar-refractivity contribution is -0.147. The number of hydrogen-bond donors (Lipinski definition) is 1. The molecule has 6 nitrogen and oxygen atoms in total. The molecule has 0 radical (unpaired) electrons. The van der Waals surface area contributed by atoms with Crippen LogP contribution in [0.4, 0.5) is 18.0 Å². The Bertz CT molecular complexity index is 636. The van der Waals surface area contributed by atoms with Crippen LogP contribution in [-0.4, -0.2) is 47.3 Å². The molecule has 1 aliphatic carbocycles. The number of amides is 2. The minimum Gasteiger partial charge on any atom is -0.444 e. The van der Waals surface area contributed by atoms with Crippen molar-refractivity contribution in [3.63, 3.8) is 0 Å². The maximum Gasteiger partial charge on any atom is 0.410 e. The van der Waals surface area contributed by atoms with Gasteiger partial charge in [-0.1, -0.05) is 0 Å². The summed E-state index contributed by atoms with van der Waals surface area (Å²) in [5.41, 5.74) is -1.67. The molecule has 29 heavy (non-hydrogen) atoms. The van der Waals surface area contributed by atoms with Gasteiger partial charge in [-0.15, -0.1) is 0 Å². The van der Waals surface area contributed by atoms with Gasteiger partial charge in [0, 0.05) is 38.3 Å². The molecule has 2 rings (SSSR count). The van der Waals surface area contributed by atoms with Crippen LogP contribution in [0, 0.1) is 23.2 Å². The summed E-state index contributed by atoms with van der Waals surface area (Å²) in [6.07, 6.45) is -3.31. The number of piperidine rings is 1. The minimum absolute atomic E-state index is 0.275. The third-order valence-corrected chi connectivity index (χ3v) is 5.58. The van der Waals surface area contributed by atoms with E-state index in [0.29, 0.717) is 38.8 Å². The van der Waals surface area contributed by atoms with Gasteiger partial charge in [0.05, 0.1) is 6.07 Å². The van der Waals surface area contributed by atoms with Crippen molar-refractivity contribution < 1.29 is 27.5 Å². The molecule has 0 unspecified atom stereocenters. The van der Waals surface area contributed by atoms with Crippen LogP contribution in [0.25, 0.3) is 0 Å². The van der Waals surface area contributed by atoms with E-state index < -0.39 is 35.7 Å². The van der Waals surface area contributed by atoms with Crippen molar-refractivity contribution >= 4 is 12.0 Å². The summed E-state index contributed by atoms with van der Waals surface area (Å²) in [5, 5.41) is 12.5. The van der Waals surface area contributed by atoms with Crippen LogP contribution in [-0.2, 0) is 9.53 Å². The molecular formula is C20H30F3N3O3. The Morgan fingerprint density at radius 1 is 1.14 bits per heavy atom. The van der Waals surface area contributed by atoms with Gasteiger partial charge in [-0.3, -0.25) is 4.79 Å². The van der Waals surface area contributed by atoms with Gasteiger partial charge in [-0.2, -0.15) is 18.4 Å². The van der Waals surface area contributed by atoms with Crippen LogP contribution < -0.4 is 5.32 Å². The van der Waals surface area contributed by atoms with Gasteiger partial charge in [-0.05, 0) is 52.4 Å². The Morgan fingerprint density at radius 3 is 2.14 bits per heavy atom. The number of halogens is 3. The topological polar surface area (TPSA) is 82.4 Å². The summed E-state index contributed by atoms with van der Waals surface area (Å²) in [7, 11) is 0. The highest BCUT2D eigenvalue weighted by Gasteiger charge is 2.41. The second-order valence-electron chi connectivity index (χ2n) is 9.19. The van der Waals surface area contributed by atoms with Gasteiger partial charge in [0.25, 0.3) is 0 Å². The van der Waals surface area contributed by atoms with E-state index in [-0.39, 0.29) is 24.7 Å². The van der Waals surface area contributed by atoms with Gasteiger partial charge in [-0.25, -0.2) is 4.79 Å². The molecule has 0 atom stereocenters. The monoisotopic (exact) mass is 417 g/mol. The average molecular weight is 417 g/mol. The zero-order chi connectivity index (χ0) is 21.9. The molecule has 0 aromatic carbocycles. The molecule has 2 fully saturated rings.